The lowest BCUT2D eigenvalue weighted by Crippen LogP contribution is -2.29. The van der Waals surface area contributed by atoms with Crippen molar-refractivity contribution in [2.45, 2.75) is 27.2 Å². The zero-order chi connectivity index (χ0) is 10.5. The summed E-state index contributed by atoms with van der Waals surface area (Å²) in [5, 5.41) is 0.655. The van der Waals surface area contributed by atoms with Gasteiger partial charge in [-0.3, -0.25) is 0 Å². The third-order valence-corrected chi connectivity index (χ3v) is 3.32. The number of sulfonamides is 1. The van der Waals surface area contributed by atoms with Crippen LogP contribution in [0.5, 0.6) is 0 Å². The Morgan fingerprint density at radius 2 is 1.85 bits per heavy atom. The van der Waals surface area contributed by atoms with Gasteiger partial charge in [0.2, 0.25) is 10.0 Å². The van der Waals surface area contributed by atoms with Crippen LogP contribution in [0.15, 0.2) is 0 Å². The Morgan fingerprint density at radius 1 is 1.31 bits per heavy atom. The number of nitrogens with one attached hydrogen (secondary N) is 1. The van der Waals surface area contributed by atoms with E-state index in [1.165, 1.54) is 0 Å². The fourth-order valence-electron chi connectivity index (χ4n) is 0.707. The summed E-state index contributed by atoms with van der Waals surface area (Å²) in [4.78, 5) is 0. The molecule has 0 atom stereocenters. The SMILES string of the molecule is CC(C)(C)CCS(=O)(=O)NCCBr. The molecule has 0 aliphatic carbocycles. The van der Waals surface area contributed by atoms with Crippen molar-refractivity contribution < 1.29 is 8.42 Å². The molecule has 80 valence electrons. The van der Waals surface area contributed by atoms with Gasteiger partial charge in [0.1, 0.15) is 0 Å². The summed E-state index contributed by atoms with van der Waals surface area (Å²) in [5.41, 5.74) is 0.0726. The monoisotopic (exact) mass is 271 g/mol. The minimum atomic E-state index is -3.06. The van der Waals surface area contributed by atoms with Crippen LogP contribution in [-0.4, -0.2) is 26.0 Å². The first-order chi connectivity index (χ1) is 5.77. The summed E-state index contributed by atoms with van der Waals surface area (Å²) in [5.74, 6) is 0.212. The Bertz CT molecular complexity index is 231. The standard InChI is InChI=1S/C8H18BrNO2S/c1-8(2,3)4-7-13(11,12)10-6-5-9/h10H,4-7H2,1-3H3. The summed E-state index contributed by atoms with van der Waals surface area (Å²) in [6, 6.07) is 0. The molecule has 0 saturated carbocycles. The van der Waals surface area contributed by atoms with Gasteiger partial charge in [-0.15, -0.1) is 0 Å². The molecule has 1 N–H and O–H groups in total. The topological polar surface area (TPSA) is 46.2 Å². The second-order valence-corrected chi connectivity index (χ2v) is 6.93. The van der Waals surface area contributed by atoms with Crippen molar-refractivity contribution in [2.24, 2.45) is 5.41 Å². The van der Waals surface area contributed by atoms with E-state index in [0.29, 0.717) is 18.3 Å². The molecule has 5 heteroatoms. The molecule has 0 fully saturated rings. The van der Waals surface area contributed by atoms with Gasteiger partial charge in [-0.05, 0) is 11.8 Å². The van der Waals surface area contributed by atoms with Crippen molar-refractivity contribution in [3.05, 3.63) is 0 Å². The van der Waals surface area contributed by atoms with Crippen molar-refractivity contribution in [2.75, 3.05) is 17.6 Å². The van der Waals surface area contributed by atoms with Crippen molar-refractivity contribution >= 4 is 26.0 Å². The molecule has 13 heavy (non-hydrogen) atoms. The van der Waals surface area contributed by atoms with Gasteiger partial charge in [-0.25, -0.2) is 13.1 Å². The highest BCUT2D eigenvalue weighted by Crippen LogP contribution is 2.18. The largest absolute Gasteiger partial charge is 0.214 e. The molecule has 0 aromatic rings. The summed E-state index contributed by atoms with van der Waals surface area (Å²) >= 11 is 3.17. The molecule has 0 saturated heterocycles. The van der Waals surface area contributed by atoms with E-state index < -0.39 is 10.0 Å². The van der Waals surface area contributed by atoms with Crippen LogP contribution in [0.1, 0.15) is 27.2 Å². The van der Waals surface area contributed by atoms with Crippen molar-refractivity contribution in [1.82, 2.24) is 4.72 Å². The molecule has 0 unspecified atom stereocenters. The number of halogens is 1. The highest BCUT2D eigenvalue weighted by atomic mass is 79.9. The lowest BCUT2D eigenvalue weighted by molar-refractivity contribution is 0.396. The normalized spacial score (nSPS) is 13.2. The fraction of sp³-hybridized carbons (Fsp3) is 1.00. The second kappa shape index (κ2) is 5.32. The van der Waals surface area contributed by atoms with Crippen LogP contribution in [0.4, 0.5) is 0 Å². The molecule has 0 radical (unpaired) electrons. The molecule has 0 amide bonds. The van der Waals surface area contributed by atoms with Gasteiger partial charge in [-0.2, -0.15) is 0 Å². The van der Waals surface area contributed by atoms with E-state index in [1.807, 2.05) is 20.8 Å². The summed E-state index contributed by atoms with van der Waals surface area (Å²) in [6.07, 6.45) is 0.685. The fourth-order valence-corrected chi connectivity index (χ4v) is 2.61. The molecule has 0 aliphatic heterocycles. The van der Waals surface area contributed by atoms with E-state index in [1.54, 1.807) is 0 Å². The number of rotatable bonds is 5. The van der Waals surface area contributed by atoms with Gasteiger partial charge in [0.25, 0.3) is 0 Å². The second-order valence-electron chi connectivity index (χ2n) is 4.21. The van der Waals surface area contributed by atoms with E-state index in [9.17, 15) is 8.42 Å². The van der Waals surface area contributed by atoms with Gasteiger partial charge >= 0.3 is 0 Å². The highest BCUT2D eigenvalue weighted by Gasteiger charge is 2.16. The van der Waals surface area contributed by atoms with Crippen LogP contribution in [0.2, 0.25) is 0 Å². The first-order valence-electron chi connectivity index (χ1n) is 4.30. The minimum absolute atomic E-state index is 0.0726. The smallest absolute Gasteiger partial charge is 0.211 e. The van der Waals surface area contributed by atoms with E-state index >= 15 is 0 Å². The van der Waals surface area contributed by atoms with Crippen LogP contribution < -0.4 is 4.72 Å². The average Bonchev–Trinajstić information content (AvgIpc) is 1.97. The van der Waals surface area contributed by atoms with Crippen molar-refractivity contribution in [1.29, 1.82) is 0 Å². The maximum Gasteiger partial charge on any atom is 0.211 e. The van der Waals surface area contributed by atoms with Gasteiger partial charge in [0, 0.05) is 11.9 Å². The lowest BCUT2D eigenvalue weighted by Gasteiger charge is -2.17. The Labute approximate surface area is 89.5 Å². The third-order valence-electron chi connectivity index (χ3n) is 1.54. The van der Waals surface area contributed by atoms with Crippen LogP contribution in [0.25, 0.3) is 0 Å². The summed E-state index contributed by atoms with van der Waals surface area (Å²) in [7, 11) is -3.06. The average molecular weight is 272 g/mol. The molecular formula is C8H18BrNO2S. The summed E-state index contributed by atoms with van der Waals surface area (Å²) < 4.78 is 25.1. The molecule has 0 aromatic carbocycles. The van der Waals surface area contributed by atoms with Gasteiger partial charge in [-0.1, -0.05) is 36.7 Å². The minimum Gasteiger partial charge on any atom is -0.214 e. The van der Waals surface area contributed by atoms with E-state index in [4.69, 9.17) is 0 Å². The zero-order valence-corrected chi connectivity index (χ0v) is 10.8. The van der Waals surface area contributed by atoms with E-state index in [-0.39, 0.29) is 11.2 Å². The molecule has 0 rings (SSSR count). The third kappa shape index (κ3) is 8.71. The first kappa shape index (κ1) is 13.4. The van der Waals surface area contributed by atoms with E-state index in [0.717, 1.165) is 0 Å². The van der Waals surface area contributed by atoms with E-state index in [2.05, 4.69) is 20.7 Å². The van der Waals surface area contributed by atoms with Gasteiger partial charge < -0.3 is 0 Å². The number of alkyl halides is 1. The molecule has 0 aromatic heterocycles. The predicted molar refractivity (Wildman–Crippen MR) is 59.7 cm³/mol. The molecule has 0 aliphatic rings. The summed E-state index contributed by atoms with van der Waals surface area (Å²) in [6.45, 7) is 6.57. The van der Waals surface area contributed by atoms with Crippen molar-refractivity contribution in [3.63, 3.8) is 0 Å². The van der Waals surface area contributed by atoms with Crippen LogP contribution in [0.3, 0.4) is 0 Å². The van der Waals surface area contributed by atoms with Crippen molar-refractivity contribution in [3.8, 4) is 0 Å². The lowest BCUT2D eigenvalue weighted by atomic mass is 9.94. The molecular weight excluding hydrogens is 254 g/mol. The van der Waals surface area contributed by atoms with Gasteiger partial charge in [0.05, 0.1) is 5.75 Å². The quantitative estimate of drug-likeness (QED) is 0.775. The molecule has 3 nitrogen and oxygen atoms in total. The zero-order valence-electron chi connectivity index (χ0n) is 8.43. The Hall–Kier alpha value is 0.390. The molecule has 0 heterocycles. The number of hydrogen-bond donors (Lipinski definition) is 1. The van der Waals surface area contributed by atoms with Crippen LogP contribution in [-0.2, 0) is 10.0 Å². The van der Waals surface area contributed by atoms with Crippen LogP contribution in [0, 0.1) is 5.41 Å². The molecule has 0 bridgehead atoms. The number of hydrogen-bond acceptors (Lipinski definition) is 2. The van der Waals surface area contributed by atoms with Gasteiger partial charge in [0.15, 0.2) is 0 Å². The predicted octanol–water partition coefficient (Wildman–Crippen LogP) is 1.74. The first-order valence-corrected chi connectivity index (χ1v) is 7.07. The maximum atomic E-state index is 11.3. The Balaban J connectivity index is 3.91. The highest BCUT2D eigenvalue weighted by molar-refractivity contribution is 9.09. The Kier molecular flexibility index (Phi) is 5.47. The Morgan fingerprint density at radius 3 is 2.23 bits per heavy atom. The van der Waals surface area contributed by atoms with Crippen LogP contribution >= 0.6 is 15.9 Å². The maximum absolute atomic E-state index is 11.3. The molecule has 0 spiro atoms.